The Balaban J connectivity index is 1.61. The molecule has 4 aliphatic carbocycles. The van der Waals surface area contributed by atoms with Crippen LogP contribution in [0.3, 0.4) is 0 Å². The van der Waals surface area contributed by atoms with Crippen molar-refractivity contribution < 1.29 is 0 Å². The van der Waals surface area contributed by atoms with Gasteiger partial charge in [-0.25, -0.2) is 0 Å². The van der Waals surface area contributed by atoms with E-state index in [2.05, 4.69) is 42.1 Å². The van der Waals surface area contributed by atoms with Crippen LogP contribution in [0, 0.1) is 17.8 Å². The molecule has 4 bridgehead atoms. The van der Waals surface area contributed by atoms with Crippen LogP contribution in [0.5, 0.6) is 0 Å². The van der Waals surface area contributed by atoms with Gasteiger partial charge in [0, 0.05) is 9.64 Å². The Hall–Kier alpha value is -0.430. The third-order valence-electron chi connectivity index (χ3n) is 5.06. The first-order valence-corrected chi connectivity index (χ1v) is 7.87. The predicted octanol–water partition coefficient (Wildman–Crippen LogP) is 4.75. The molecule has 1 heteroatoms. The van der Waals surface area contributed by atoms with Gasteiger partial charge in [0.15, 0.2) is 0 Å². The zero-order valence-corrected chi connectivity index (χ0v) is 11.1. The summed E-state index contributed by atoms with van der Waals surface area (Å²) in [5, 5.41) is 0. The van der Waals surface area contributed by atoms with Crippen LogP contribution in [0.1, 0.15) is 38.5 Å². The second-order valence-electron chi connectivity index (χ2n) is 6.52. The van der Waals surface area contributed by atoms with Gasteiger partial charge in [0.25, 0.3) is 0 Å². The first-order valence-electron chi connectivity index (χ1n) is 7.05. The third kappa shape index (κ3) is 1.83. The van der Waals surface area contributed by atoms with Gasteiger partial charge in [-0.15, -0.1) is 11.8 Å². The molecule has 0 spiro atoms. The normalized spacial score (nSPS) is 42.9. The lowest BCUT2D eigenvalue weighted by molar-refractivity contribution is 0.0383. The molecule has 0 unspecified atom stereocenters. The lowest BCUT2D eigenvalue weighted by Crippen LogP contribution is -2.48. The molecule has 0 saturated heterocycles. The van der Waals surface area contributed by atoms with Crippen molar-refractivity contribution >= 4 is 11.8 Å². The van der Waals surface area contributed by atoms with E-state index in [1.54, 1.807) is 19.3 Å². The number of thioether (sulfide) groups is 1. The zero-order chi connectivity index (χ0) is 11.3. The van der Waals surface area contributed by atoms with Crippen LogP contribution in [-0.2, 0) is 0 Å². The lowest BCUT2D eigenvalue weighted by Gasteiger charge is -2.56. The van der Waals surface area contributed by atoms with Gasteiger partial charge < -0.3 is 0 Å². The molecular formula is C16H20S. The number of rotatable bonds is 2. The van der Waals surface area contributed by atoms with E-state index >= 15 is 0 Å². The average Bonchev–Trinajstić information content (AvgIpc) is 2.27. The van der Waals surface area contributed by atoms with Crippen LogP contribution in [0.15, 0.2) is 35.2 Å². The molecule has 90 valence electrons. The van der Waals surface area contributed by atoms with Crippen LogP contribution in [0.25, 0.3) is 0 Å². The summed E-state index contributed by atoms with van der Waals surface area (Å²) < 4.78 is 0.621. The van der Waals surface area contributed by atoms with Crippen molar-refractivity contribution in [3.05, 3.63) is 30.3 Å². The summed E-state index contributed by atoms with van der Waals surface area (Å²) in [6, 6.07) is 11.1. The van der Waals surface area contributed by atoms with Gasteiger partial charge in [0.1, 0.15) is 0 Å². The maximum absolute atomic E-state index is 2.29. The maximum atomic E-state index is 2.29. The fourth-order valence-electron chi connectivity index (χ4n) is 4.89. The van der Waals surface area contributed by atoms with E-state index in [9.17, 15) is 0 Å². The molecule has 1 aromatic rings. The Morgan fingerprint density at radius 1 is 0.824 bits per heavy atom. The molecule has 4 aliphatic rings. The Bertz CT molecular complexity index is 374. The van der Waals surface area contributed by atoms with Crippen molar-refractivity contribution in [2.45, 2.75) is 48.2 Å². The Morgan fingerprint density at radius 3 is 1.88 bits per heavy atom. The van der Waals surface area contributed by atoms with Crippen molar-refractivity contribution in [2.24, 2.45) is 17.8 Å². The zero-order valence-electron chi connectivity index (χ0n) is 10.3. The van der Waals surface area contributed by atoms with E-state index in [0.29, 0.717) is 4.75 Å². The fourth-order valence-corrected chi connectivity index (χ4v) is 6.65. The predicted molar refractivity (Wildman–Crippen MR) is 73.2 cm³/mol. The van der Waals surface area contributed by atoms with Gasteiger partial charge in [-0.3, -0.25) is 0 Å². The topological polar surface area (TPSA) is 0 Å². The molecular weight excluding hydrogens is 224 g/mol. The molecule has 4 saturated carbocycles. The minimum absolute atomic E-state index is 0.621. The van der Waals surface area contributed by atoms with Gasteiger partial charge in [0.2, 0.25) is 0 Å². The van der Waals surface area contributed by atoms with Gasteiger partial charge in [-0.05, 0) is 68.4 Å². The highest BCUT2D eigenvalue weighted by Crippen LogP contribution is 2.61. The largest absolute Gasteiger partial charge is 0.119 e. The van der Waals surface area contributed by atoms with Crippen molar-refractivity contribution in [1.29, 1.82) is 0 Å². The minimum Gasteiger partial charge on any atom is -0.119 e. The molecule has 0 amide bonds. The van der Waals surface area contributed by atoms with E-state index < -0.39 is 0 Å². The number of hydrogen-bond acceptors (Lipinski definition) is 1. The van der Waals surface area contributed by atoms with Crippen molar-refractivity contribution in [3.8, 4) is 0 Å². The smallest absolute Gasteiger partial charge is 0.0215 e. The van der Waals surface area contributed by atoms with Gasteiger partial charge in [-0.2, -0.15) is 0 Å². The highest BCUT2D eigenvalue weighted by molar-refractivity contribution is 8.00. The summed E-state index contributed by atoms with van der Waals surface area (Å²) in [4.78, 5) is 1.49. The standard InChI is InChI=1S/C16H20S/c1-2-4-15(5-3-1)17-16-9-12-6-13(10-16)8-14(7-12)11-16/h1-5,12-14H,6-11H2. The molecule has 4 fully saturated rings. The van der Waals surface area contributed by atoms with Crippen molar-refractivity contribution in [2.75, 3.05) is 0 Å². The van der Waals surface area contributed by atoms with Gasteiger partial charge >= 0.3 is 0 Å². The first-order chi connectivity index (χ1) is 8.31. The summed E-state index contributed by atoms with van der Waals surface area (Å²) in [6.07, 6.45) is 9.15. The van der Waals surface area contributed by atoms with E-state index in [4.69, 9.17) is 0 Å². The van der Waals surface area contributed by atoms with Crippen LogP contribution in [-0.4, -0.2) is 4.75 Å². The van der Waals surface area contributed by atoms with Crippen LogP contribution < -0.4 is 0 Å². The Kier molecular flexibility index (Phi) is 2.33. The molecule has 17 heavy (non-hydrogen) atoms. The average molecular weight is 244 g/mol. The molecule has 1 aromatic carbocycles. The molecule has 0 heterocycles. The van der Waals surface area contributed by atoms with Crippen LogP contribution >= 0.6 is 11.8 Å². The molecule has 0 aliphatic heterocycles. The molecule has 0 aromatic heterocycles. The van der Waals surface area contributed by atoms with Gasteiger partial charge in [-0.1, -0.05) is 18.2 Å². The SMILES string of the molecule is c1ccc(SC23CC4CC(CC(C4)C2)C3)cc1. The minimum atomic E-state index is 0.621. The Labute approximate surface area is 108 Å². The quantitative estimate of drug-likeness (QED) is 0.723. The highest BCUT2D eigenvalue weighted by Gasteiger charge is 2.51. The second kappa shape index (κ2) is 3.78. The summed E-state index contributed by atoms with van der Waals surface area (Å²) in [5.74, 6) is 3.20. The summed E-state index contributed by atoms with van der Waals surface area (Å²) in [7, 11) is 0. The first kappa shape index (κ1) is 10.5. The molecule has 0 atom stereocenters. The maximum Gasteiger partial charge on any atom is 0.0215 e. The monoisotopic (exact) mass is 244 g/mol. The molecule has 0 N–H and O–H groups in total. The summed E-state index contributed by atoms with van der Waals surface area (Å²) in [6.45, 7) is 0. The van der Waals surface area contributed by atoms with E-state index in [-0.39, 0.29) is 0 Å². The van der Waals surface area contributed by atoms with Crippen LogP contribution in [0.4, 0.5) is 0 Å². The van der Waals surface area contributed by atoms with Crippen molar-refractivity contribution in [1.82, 2.24) is 0 Å². The fraction of sp³-hybridized carbons (Fsp3) is 0.625. The van der Waals surface area contributed by atoms with E-state index in [0.717, 1.165) is 17.8 Å². The summed E-state index contributed by atoms with van der Waals surface area (Å²) in [5.41, 5.74) is 0. The highest BCUT2D eigenvalue weighted by atomic mass is 32.2. The molecule has 0 nitrogen and oxygen atoms in total. The summed E-state index contributed by atoms with van der Waals surface area (Å²) >= 11 is 2.20. The second-order valence-corrected chi connectivity index (χ2v) is 8.06. The van der Waals surface area contributed by atoms with Gasteiger partial charge in [0.05, 0.1) is 0 Å². The van der Waals surface area contributed by atoms with Crippen LogP contribution in [0.2, 0.25) is 0 Å². The lowest BCUT2D eigenvalue weighted by atomic mass is 9.56. The van der Waals surface area contributed by atoms with E-state index in [1.807, 2.05) is 0 Å². The van der Waals surface area contributed by atoms with Crippen molar-refractivity contribution in [3.63, 3.8) is 0 Å². The molecule has 5 rings (SSSR count). The third-order valence-corrected chi connectivity index (χ3v) is 6.50. The van der Waals surface area contributed by atoms with E-state index in [1.165, 1.54) is 24.2 Å². The number of hydrogen-bond donors (Lipinski definition) is 0. The number of benzene rings is 1. The Morgan fingerprint density at radius 2 is 1.35 bits per heavy atom. The molecule has 0 radical (unpaired) electrons.